The monoisotopic (exact) mass is 254 g/mol. The Balaban J connectivity index is 5.44. The van der Waals surface area contributed by atoms with Gasteiger partial charge < -0.3 is 14.3 Å². The smallest absolute Gasteiger partial charge is 0.327 e. The Labute approximate surface area is 106 Å². The van der Waals surface area contributed by atoms with Crippen LogP contribution in [0.5, 0.6) is 0 Å². The lowest BCUT2D eigenvalue weighted by molar-refractivity contribution is -0.165. The average Bonchev–Trinajstić information content (AvgIpc) is 2.41. The second-order valence-corrected chi connectivity index (χ2v) is 3.54. The van der Waals surface area contributed by atoms with Gasteiger partial charge >= 0.3 is 11.9 Å². The SMILES string of the molecule is C/C=C/C=C/C(CCC=O)(C(=O)OC)C(=O)OC. The minimum Gasteiger partial charge on any atom is -0.468 e. The zero-order valence-corrected chi connectivity index (χ0v) is 10.8. The fourth-order valence-electron chi connectivity index (χ4n) is 1.49. The predicted molar refractivity (Wildman–Crippen MR) is 65.7 cm³/mol. The van der Waals surface area contributed by atoms with Crippen molar-refractivity contribution in [1.82, 2.24) is 0 Å². The van der Waals surface area contributed by atoms with Gasteiger partial charge in [0.15, 0.2) is 5.41 Å². The van der Waals surface area contributed by atoms with Crippen molar-refractivity contribution < 1.29 is 23.9 Å². The topological polar surface area (TPSA) is 69.7 Å². The van der Waals surface area contributed by atoms with Crippen LogP contribution in [-0.2, 0) is 23.9 Å². The number of ether oxygens (including phenoxy) is 2. The Morgan fingerprint density at radius 3 is 2.06 bits per heavy atom. The van der Waals surface area contributed by atoms with E-state index in [1.165, 1.54) is 20.3 Å². The number of carbonyl (C=O) groups is 3. The van der Waals surface area contributed by atoms with Crippen molar-refractivity contribution in [2.45, 2.75) is 19.8 Å². The highest BCUT2D eigenvalue weighted by molar-refractivity contribution is 6.02. The highest BCUT2D eigenvalue weighted by Crippen LogP contribution is 2.29. The van der Waals surface area contributed by atoms with Gasteiger partial charge in [-0.3, -0.25) is 9.59 Å². The van der Waals surface area contributed by atoms with Crippen LogP contribution in [0.2, 0.25) is 0 Å². The maximum absolute atomic E-state index is 11.8. The summed E-state index contributed by atoms with van der Waals surface area (Å²) in [5.41, 5.74) is -1.57. The van der Waals surface area contributed by atoms with E-state index in [0.717, 1.165) is 0 Å². The molecule has 0 aromatic rings. The average molecular weight is 254 g/mol. The third-order valence-corrected chi connectivity index (χ3v) is 2.44. The summed E-state index contributed by atoms with van der Waals surface area (Å²) in [6.07, 6.45) is 7.09. The van der Waals surface area contributed by atoms with Crippen LogP contribution in [0, 0.1) is 5.41 Å². The summed E-state index contributed by atoms with van der Waals surface area (Å²) in [6, 6.07) is 0. The predicted octanol–water partition coefficient (Wildman–Crippen LogP) is 1.43. The summed E-state index contributed by atoms with van der Waals surface area (Å²) in [6.45, 7) is 1.80. The zero-order valence-electron chi connectivity index (χ0n) is 10.8. The maximum atomic E-state index is 11.8. The van der Waals surface area contributed by atoms with E-state index in [4.69, 9.17) is 0 Å². The van der Waals surface area contributed by atoms with Gasteiger partial charge in [-0.05, 0) is 13.3 Å². The molecule has 0 aliphatic rings. The molecular formula is C13H18O5. The first kappa shape index (κ1) is 16.1. The van der Waals surface area contributed by atoms with Crippen molar-refractivity contribution in [3.05, 3.63) is 24.3 Å². The van der Waals surface area contributed by atoms with Crippen LogP contribution >= 0.6 is 0 Å². The van der Waals surface area contributed by atoms with E-state index in [0.29, 0.717) is 6.29 Å². The second kappa shape index (κ2) is 8.22. The van der Waals surface area contributed by atoms with E-state index in [-0.39, 0.29) is 12.8 Å². The molecule has 0 atom stereocenters. The number of carbonyl (C=O) groups excluding carboxylic acids is 3. The van der Waals surface area contributed by atoms with Crippen LogP contribution in [0.3, 0.4) is 0 Å². The lowest BCUT2D eigenvalue weighted by Crippen LogP contribution is -2.39. The fraction of sp³-hybridized carbons (Fsp3) is 0.462. The molecule has 5 nitrogen and oxygen atoms in total. The summed E-state index contributed by atoms with van der Waals surface area (Å²) in [7, 11) is 2.37. The third-order valence-electron chi connectivity index (χ3n) is 2.44. The molecular weight excluding hydrogens is 236 g/mol. The second-order valence-electron chi connectivity index (χ2n) is 3.54. The minimum absolute atomic E-state index is 0.0178. The summed E-state index contributed by atoms with van der Waals surface area (Å²) in [5, 5.41) is 0. The number of hydrogen-bond acceptors (Lipinski definition) is 5. The highest BCUT2D eigenvalue weighted by atomic mass is 16.5. The molecule has 0 aromatic heterocycles. The van der Waals surface area contributed by atoms with Gasteiger partial charge in [-0.25, -0.2) is 0 Å². The molecule has 0 amide bonds. The van der Waals surface area contributed by atoms with Crippen molar-refractivity contribution >= 4 is 18.2 Å². The molecule has 0 rings (SSSR count). The number of hydrogen-bond donors (Lipinski definition) is 0. The van der Waals surface area contributed by atoms with Crippen molar-refractivity contribution in [3.8, 4) is 0 Å². The van der Waals surface area contributed by atoms with E-state index < -0.39 is 17.4 Å². The molecule has 0 radical (unpaired) electrons. The van der Waals surface area contributed by atoms with Crippen molar-refractivity contribution in [2.24, 2.45) is 5.41 Å². The standard InChI is InChI=1S/C13H18O5/c1-4-5-6-8-13(9-7-10-14,11(15)17-2)12(16)18-3/h4-6,8,10H,7,9H2,1-3H3/b5-4+,8-6+. The minimum atomic E-state index is -1.57. The first-order chi connectivity index (χ1) is 8.58. The number of esters is 2. The van der Waals surface area contributed by atoms with Crippen LogP contribution in [-0.4, -0.2) is 32.4 Å². The van der Waals surface area contributed by atoms with Crippen LogP contribution < -0.4 is 0 Å². The van der Waals surface area contributed by atoms with Gasteiger partial charge in [0.25, 0.3) is 0 Å². The number of methoxy groups -OCH3 is 2. The Morgan fingerprint density at radius 2 is 1.67 bits per heavy atom. The quantitative estimate of drug-likeness (QED) is 0.297. The molecule has 0 N–H and O–H groups in total. The van der Waals surface area contributed by atoms with Crippen LogP contribution in [0.4, 0.5) is 0 Å². The Hall–Kier alpha value is -1.91. The third kappa shape index (κ3) is 3.84. The molecule has 0 heterocycles. The number of rotatable bonds is 7. The Bertz CT molecular complexity index is 338. The summed E-state index contributed by atoms with van der Waals surface area (Å²) >= 11 is 0. The van der Waals surface area contributed by atoms with Gasteiger partial charge in [0, 0.05) is 6.42 Å². The molecule has 100 valence electrons. The molecule has 0 unspecified atom stereocenters. The van der Waals surface area contributed by atoms with Gasteiger partial charge in [-0.2, -0.15) is 0 Å². The van der Waals surface area contributed by atoms with E-state index in [9.17, 15) is 14.4 Å². The number of allylic oxidation sites excluding steroid dienone is 3. The molecule has 5 heteroatoms. The maximum Gasteiger partial charge on any atom is 0.327 e. The normalized spacial score (nSPS) is 11.7. The lowest BCUT2D eigenvalue weighted by atomic mass is 9.82. The van der Waals surface area contributed by atoms with Gasteiger partial charge in [-0.1, -0.05) is 24.3 Å². The number of aldehydes is 1. The van der Waals surface area contributed by atoms with E-state index in [1.807, 2.05) is 0 Å². The summed E-state index contributed by atoms with van der Waals surface area (Å²) < 4.78 is 9.27. The molecule has 0 fully saturated rings. The summed E-state index contributed by atoms with van der Waals surface area (Å²) in [5.74, 6) is -1.48. The first-order valence-corrected chi connectivity index (χ1v) is 5.50. The summed E-state index contributed by atoms with van der Waals surface area (Å²) in [4.78, 5) is 34.1. The van der Waals surface area contributed by atoms with Crippen molar-refractivity contribution in [2.75, 3.05) is 14.2 Å². The molecule has 0 aromatic carbocycles. The van der Waals surface area contributed by atoms with Gasteiger partial charge in [0.05, 0.1) is 14.2 Å². The Morgan fingerprint density at radius 1 is 1.11 bits per heavy atom. The van der Waals surface area contributed by atoms with E-state index in [2.05, 4.69) is 9.47 Å². The first-order valence-electron chi connectivity index (χ1n) is 5.50. The molecule has 0 spiro atoms. The molecule has 0 saturated carbocycles. The van der Waals surface area contributed by atoms with Gasteiger partial charge in [0.2, 0.25) is 0 Å². The Kier molecular flexibility index (Phi) is 7.35. The van der Waals surface area contributed by atoms with Crippen LogP contribution in [0.15, 0.2) is 24.3 Å². The van der Waals surface area contributed by atoms with E-state index in [1.54, 1.807) is 25.2 Å². The van der Waals surface area contributed by atoms with E-state index >= 15 is 0 Å². The van der Waals surface area contributed by atoms with Crippen molar-refractivity contribution in [1.29, 1.82) is 0 Å². The van der Waals surface area contributed by atoms with Crippen molar-refractivity contribution in [3.63, 3.8) is 0 Å². The molecule has 0 bridgehead atoms. The van der Waals surface area contributed by atoms with Crippen LogP contribution in [0.25, 0.3) is 0 Å². The highest BCUT2D eigenvalue weighted by Gasteiger charge is 2.45. The zero-order chi connectivity index (χ0) is 14.0. The lowest BCUT2D eigenvalue weighted by Gasteiger charge is -2.23. The van der Waals surface area contributed by atoms with Gasteiger partial charge in [-0.15, -0.1) is 0 Å². The molecule has 0 saturated heterocycles. The fourth-order valence-corrected chi connectivity index (χ4v) is 1.49. The largest absolute Gasteiger partial charge is 0.468 e. The molecule has 0 aliphatic heterocycles. The molecule has 0 aliphatic carbocycles. The van der Waals surface area contributed by atoms with Gasteiger partial charge in [0.1, 0.15) is 6.29 Å². The molecule has 18 heavy (non-hydrogen) atoms. The van der Waals surface area contributed by atoms with Crippen LogP contribution in [0.1, 0.15) is 19.8 Å².